The van der Waals surface area contributed by atoms with Crippen LogP contribution in [0.5, 0.6) is 0 Å². The van der Waals surface area contributed by atoms with Gasteiger partial charge in [-0.25, -0.2) is 9.59 Å². The lowest BCUT2D eigenvalue weighted by molar-refractivity contribution is -0.132. The Morgan fingerprint density at radius 3 is 1.62 bits per heavy atom. The van der Waals surface area contributed by atoms with Gasteiger partial charge in [0.1, 0.15) is 0 Å². The molecule has 0 heterocycles. The van der Waals surface area contributed by atoms with E-state index < -0.39 is 23.5 Å². The van der Waals surface area contributed by atoms with Crippen LogP contribution in [0.15, 0.2) is 24.3 Å². The number of carbonyl (C=O) groups excluding carboxylic acids is 2. The Morgan fingerprint density at radius 1 is 0.857 bits per heavy atom. The smallest absolute Gasteiger partial charge is 0.328 e. The van der Waals surface area contributed by atoms with Crippen LogP contribution in [0.25, 0.3) is 0 Å². The van der Waals surface area contributed by atoms with E-state index in [-0.39, 0.29) is 13.1 Å². The highest BCUT2D eigenvalue weighted by Gasteiger charge is 2.12. The van der Waals surface area contributed by atoms with Crippen molar-refractivity contribution in [2.75, 3.05) is 19.6 Å². The van der Waals surface area contributed by atoms with Gasteiger partial charge in [0.25, 0.3) is 0 Å². The Hall–Kier alpha value is -2.28. The summed E-state index contributed by atoms with van der Waals surface area (Å²) in [5, 5.41) is 16.9. The molecule has 0 unspecified atom stereocenters. The topological polar surface area (TPSA) is 112 Å². The molecule has 7 nitrogen and oxygen atoms in total. The molecule has 0 rings (SSSR count). The normalized spacial score (nSPS) is 11.3. The summed E-state index contributed by atoms with van der Waals surface area (Å²) in [6, 6.07) is 0. The van der Waals surface area contributed by atoms with E-state index in [4.69, 9.17) is 10.2 Å². The summed E-state index contributed by atoms with van der Waals surface area (Å²) >= 11 is 0. The van der Waals surface area contributed by atoms with Gasteiger partial charge in [-0.2, -0.15) is 0 Å². The minimum atomic E-state index is -1.22. The van der Waals surface area contributed by atoms with Gasteiger partial charge >= 0.3 is 11.9 Å². The van der Waals surface area contributed by atoms with Crippen molar-refractivity contribution in [1.29, 1.82) is 0 Å². The molecule has 0 aliphatic carbocycles. The van der Waals surface area contributed by atoms with Gasteiger partial charge in [0, 0.05) is 12.2 Å². The number of hydrogen-bond acceptors (Lipinski definition) is 5. The first kappa shape index (κ1) is 18.7. The zero-order chi connectivity index (χ0) is 16.3. The number of ketones is 2. The lowest BCUT2D eigenvalue weighted by Crippen LogP contribution is -2.34. The minimum absolute atomic E-state index is 0.0869. The van der Waals surface area contributed by atoms with Crippen LogP contribution < -0.4 is 0 Å². The van der Waals surface area contributed by atoms with Crippen molar-refractivity contribution >= 4 is 23.5 Å². The molecule has 2 N–H and O–H groups in total. The molecule has 0 saturated heterocycles. The van der Waals surface area contributed by atoms with Crippen molar-refractivity contribution in [2.24, 2.45) is 0 Å². The van der Waals surface area contributed by atoms with Gasteiger partial charge in [0.15, 0.2) is 11.6 Å². The fourth-order valence-electron chi connectivity index (χ4n) is 1.47. The highest BCUT2D eigenvalue weighted by atomic mass is 16.4. The molecule has 21 heavy (non-hydrogen) atoms. The fourth-order valence-corrected chi connectivity index (χ4v) is 1.47. The first-order chi connectivity index (χ1) is 9.85. The van der Waals surface area contributed by atoms with Crippen LogP contribution >= 0.6 is 0 Å². The monoisotopic (exact) mass is 297 g/mol. The van der Waals surface area contributed by atoms with E-state index in [9.17, 15) is 19.2 Å². The summed E-state index contributed by atoms with van der Waals surface area (Å²) in [6.07, 6.45) is 5.01. The first-order valence-electron chi connectivity index (χ1n) is 6.45. The molecule has 0 aromatic carbocycles. The molecule has 0 fully saturated rings. The fraction of sp³-hybridized carbons (Fsp3) is 0.429. The van der Waals surface area contributed by atoms with Gasteiger partial charge in [0.05, 0.1) is 13.1 Å². The molecule has 0 aromatic rings. The Labute approximate surface area is 122 Å². The van der Waals surface area contributed by atoms with Crippen LogP contribution in [0.1, 0.15) is 19.8 Å². The van der Waals surface area contributed by atoms with Gasteiger partial charge in [0.2, 0.25) is 0 Å². The van der Waals surface area contributed by atoms with Crippen molar-refractivity contribution in [3.8, 4) is 0 Å². The van der Waals surface area contributed by atoms with E-state index in [0.29, 0.717) is 6.54 Å². The summed E-state index contributed by atoms with van der Waals surface area (Å²) in [7, 11) is 0. The second-order valence-corrected chi connectivity index (χ2v) is 4.34. The van der Waals surface area contributed by atoms with E-state index in [1.807, 2.05) is 6.92 Å². The molecule has 7 heteroatoms. The number of hydrogen-bond donors (Lipinski definition) is 2. The second kappa shape index (κ2) is 10.5. The molecule has 0 aliphatic rings. The first-order valence-corrected chi connectivity index (χ1v) is 6.45. The maximum atomic E-state index is 11.6. The van der Waals surface area contributed by atoms with Crippen molar-refractivity contribution in [3.63, 3.8) is 0 Å². The van der Waals surface area contributed by atoms with E-state index in [1.165, 1.54) is 0 Å². The molecular formula is C14H19NO6. The minimum Gasteiger partial charge on any atom is -0.478 e. The van der Waals surface area contributed by atoms with Crippen molar-refractivity contribution in [2.45, 2.75) is 19.8 Å². The van der Waals surface area contributed by atoms with Crippen LogP contribution in [-0.4, -0.2) is 58.3 Å². The highest BCUT2D eigenvalue weighted by molar-refractivity contribution is 5.98. The quantitative estimate of drug-likeness (QED) is 0.534. The molecule has 0 aromatic heterocycles. The lowest BCUT2D eigenvalue weighted by atomic mass is 10.2. The predicted molar refractivity (Wildman–Crippen MR) is 74.9 cm³/mol. The largest absolute Gasteiger partial charge is 0.478 e. The molecular weight excluding hydrogens is 278 g/mol. The number of carboxylic acids is 2. The number of carbonyl (C=O) groups is 4. The lowest BCUT2D eigenvalue weighted by Gasteiger charge is -2.18. The molecule has 0 aliphatic heterocycles. The van der Waals surface area contributed by atoms with E-state index in [2.05, 4.69) is 0 Å². The van der Waals surface area contributed by atoms with E-state index >= 15 is 0 Å². The van der Waals surface area contributed by atoms with Crippen LogP contribution in [0, 0.1) is 0 Å². The number of nitrogens with zero attached hydrogens (tertiary/aromatic N) is 1. The maximum Gasteiger partial charge on any atom is 0.328 e. The predicted octanol–water partition coefficient (Wildman–Crippen LogP) is 0.508. The van der Waals surface area contributed by atoms with Crippen molar-refractivity contribution in [1.82, 2.24) is 4.90 Å². The molecule has 0 bridgehead atoms. The third kappa shape index (κ3) is 11.3. The van der Waals surface area contributed by atoms with Gasteiger partial charge in [-0.15, -0.1) is 0 Å². The van der Waals surface area contributed by atoms with Crippen molar-refractivity contribution < 1.29 is 29.4 Å². The zero-order valence-corrected chi connectivity index (χ0v) is 11.8. The van der Waals surface area contributed by atoms with Crippen LogP contribution in [0.3, 0.4) is 0 Å². The zero-order valence-electron chi connectivity index (χ0n) is 11.8. The summed E-state index contributed by atoms with van der Waals surface area (Å²) < 4.78 is 0. The third-order valence-electron chi connectivity index (χ3n) is 2.41. The summed E-state index contributed by atoms with van der Waals surface area (Å²) in [4.78, 5) is 45.3. The summed E-state index contributed by atoms with van der Waals surface area (Å²) in [6.45, 7) is 2.28. The average Bonchev–Trinajstić information content (AvgIpc) is 2.40. The Bertz CT molecular complexity index is 414. The Balaban J connectivity index is 4.57. The summed E-state index contributed by atoms with van der Waals surface area (Å²) in [5.41, 5.74) is 0. The van der Waals surface area contributed by atoms with Gasteiger partial charge in [-0.3, -0.25) is 14.5 Å². The van der Waals surface area contributed by atoms with E-state index in [1.54, 1.807) is 4.90 Å². The number of carboxylic acid groups (broad SMARTS) is 2. The van der Waals surface area contributed by atoms with Crippen LogP contribution in [0.4, 0.5) is 0 Å². The van der Waals surface area contributed by atoms with Gasteiger partial charge in [-0.1, -0.05) is 13.3 Å². The number of aliphatic carboxylic acids is 2. The standard InChI is InChI=1S/C14H19NO6/c1-2-3-8-15(9-11(16)4-6-13(18)19)10-12(17)5-7-14(20)21/h4-7H,2-3,8-10H2,1H3,(H,18,19)(H,20,21)/b6-4+,7-5+. The van der Waals surface area contributed by atoms with Gasteiger partial charge in [-0.05, 0) is 25.1 Å². The SMILES string of the molecule is CCCCN(CC(=O)/C=C/C(=O)O)CC(=O)/C=C/C(=O)O. The Kier molecular flexibility index (Phi) is 9.36. The number of unbranched alkanes of at least 4 members (excludes halogenated alkanes) is 1. The van der Waals surface area contributed by atoms with Crippen LogP contribution in [-0.2, 0) is 19.2 Å². The molecule has 116 valence electrons. The highest BCUT2D eigenvalue weighted by Crippen LogP contribution is 1.97. The molecule has 0 amide bonds. The van der Waals surface area contributed by atoms with Crippen molar-refractivity contribution in [3.05, 3.63) is 24.3 Å². The van der Waals surface area contributed by atoms with E-state index in [0.717, 1.165) is 37.1 Å². The molecule has 0 radical (unpaired) electrons. The molecule has 0 atom stereocenters. The maximum absolute atomic E-state index is 11.6. The van der Waals surface area contributed by atoms with Gasteiger partial charge < -0.3 is 10.2 Å². The molecule has 0 spiro atoms. The number of rotatable bonds is 11. The second-order valence-electron chi connectivity index (χ2n) is 4.34. The third-order valence-corrected chi connectivity index (χ3v) is 2.41. The Morgan fingerprint density at radius 2 is 1.29 bits per heavy atom. The van der Waals surface area contributed by atoms with Crippen LogP contribution in [0.2, 0.25) is 0 Å². The molecule has 0 saturated carbocycles. The average molecular weight is 297 g/mol. The summed E-state index contributed by atoms with van der Waals surface area (Å²) in [5.74, 6) is -3.29.